The lowest BCUT2D eigenvalue weighted by molar-refractivity contribution is -0.119. The number of carbonyl (C=O) groups is 2. The zero-order chi connectivity index (χ0) is 21.5. The van der Waals surface area contributed by atoms with E-state index in [1.807, 2.05) is 24.3 Å². The van der Waals surface area contributed by atoms with Crippen molar-refractivity contribution in [3.8, 4) is 11.1 Å². The van der Waals surface area contributed by atoms with Gasteiger partial charge in [0, 0.05) is 31.3 Å². The quantitative estimate of drug-likeness (QED) is 0.596. The van der Waals surface area contributed by atoms with E-state index < -0.39 is 18.0 Å². The second kappa shape index (κ2) is 10.4. The summed E-state index contributed by atoms with van der Waals surface area (Å²) in [5, 5.41) is 5.99. The number of rotatable bonds is 9. The number of nitrogens with zero attached hydrogens (tertiary/aromatic N) is 1. The summed E-state index contributed by atoms with van der Waals surface area (Å²) in [4.78, 5) is 24.5. The number of nitrogens with one attached hydrogen (secondary N) is 2. The van der Waals surface area contributed by atoms with Crippen LogP contribution >= 0.6 is 11.8 Å². The van der Waals surface area contributed by atoms with Gasteiger partial charge in [0.2, 0.25) is 5.91 Å². The van der Waals surface area contributed by atoms with Crippen molar-refractivity contribution in [2.45, 2.75) is 19.6 Å². The Kier molecular flexibility index (Phi) is 7.70. The molecule has 1 fully saturated rings. The lowest BCUT2D eigenvalue weighted by Gasteiger charge is -2.15. The summed E-state index contributed by atoms with van der Waals surface area (Å²) >= 11 is 1.80. The van der Waals surface area contributed by atoms with Crippen molar-refractivity contribution in [3.63, 3.8) is 0 Å². The fraction of sp³-hybridized carbons (Fsp3) is 0.364. The molecule has 0 saturated carbocycles. The first-order valence-corrected chi connectivity index (χ1v) is 11.2. The topological polar surface area (TPSA) is 70.7 Å². The van der Waals surface area contributed by atoms with Crippen LogP contribution in [0.3, 0.4) is 0 Å². The second-order valence-electron chi connectivity index (χ2n) is 7.08. The van der Waals surface area contributed by atoms with Crippen LogP contribution in [0.2, 0.25) is 0 Å². The van der Waals surface area contributed by atoms with Gasteiger partial charge in [0.05, 0.1) is 18.8 Å². The van der Waals surface area contributed by atoms with Crippen LogP contribution in [0.15, 0.2) is 42.5 Å². The predicted molar refractivity (Wildman–Crippen MR) is 118 cm³/mol. The molecule has 1 saturated heterocycles. The lowest BCUT2D eigenvalue weighted by atomic mass is 10.0. The van der Waals surface area contributed by atoms with Crippen LogP contribution in [0.4, 0.5) is 14.9 Å². The Morgan fingerprint density at radius 2 is 2.03 bits per heavy atom. The first-order valence-electron chi connectivity index (χ1n) is 9.79. The molecule has 2 aromatic rings. The van der Waals surface area contributed by atoms with Gasteiger partial charge in [0.15, 0.2) is 0 Å². The molecule has 2 amide bonds. The molecule has 0 bridgehead atoms. The van der Waals surface area contributed by atoms with Crippen molar-refractivity contribution in [1.82, 2.24) is 10.6 Å². The maximum absolute atomic E-state index is 14.8. The van der Waals surface area contributed by atoms with Crippen molar-refractivity contribution in [2.24, 2.45) is 0 Å². The summed E-state index contributed by atoms with van der Waals surface area (Å²) < 4.78 is 20.0. The molecule has 2 aromatic carbocycles. The average Bonchev–Trinajstić information content (AvgIpc) is 3.11. The highest BCUT2D eigenvalue weighted by Crippen LogP contribution is 2.29. The van der Waals surface area contributed by atoms with Crippen LogP contribution in [-0.4, -0.2) is 49.7 Å². The smallest absolute Gasteiger partial charge is 0.414 e. The summed E-state index contributed by atoms with van der Waals surface area (Å²) in [6.45, 7) is 3.62. The number of anilines is 1. The maximum Gasteiger partial charge on any atom is 0.414 e. The van der Waals surface area contributed by atoms with Gasteiger partial charge in [-0.25, -0.2) is 9.18 Å². The molecule has 2 N–H and O–H groups in total. The van der Waals surface area contributed by atoms with E-state index in [2.05, 4.69) is 16.9 Å². The molecule has 1 aliphatic rings. The molecule has 0 spiro atoms. The van der Waals surface area contributed by atoms with E-state index in [4.69, 9.17) is 4.74 Å². The predicted octanol–water partition coefficient (Wildman–Crippen LogP) is 3.41. The molecule has 30 heavy (non-hydrogen) atoms. The summed E-state index contributed by atoms with van der Waals surface area (Å²) in [5.74, 6) is 0.465. The SMILES string of the molecule is CSCCNCc1ccc(-c2ccc(N3C[C@H](CNC(C)=O)OC3=O)cc2F)cc1. The summed E-state index contributed by atoms with van der Waals surface area (Å²) in [7, 11) is 0. The van der Waals surface area contributed by atoms with E-state index in [1.54, 1.807) is 23.9 Å². The molecule has 0 aromatic heterocycles. The fourth-order valence-electron chi connectivity index (χ4n) is 3.21. The van der Waals surface area contributed by atoms with E-state index in [0.29, 0.717) is 11.3 Å². The Morgan fingerprint density at radius 3 is 2.70 bits per heavy atom. The average molecular weight is 432 g/mol. The highest BCUT2D eigenvalue weighted by atomic mass is 32.2. The summed E-state index contributed by atoms with van der Waals surface area (Å²) in [6.07, 6.45) is 1.07. The Bertz CT molecular complexity index is 892. The van der Waals surface area contributed by atoms with Gasteiger partial charge in [0.25, 0.3) is 0 Å². The van der Waals surface area contributed by atoms with Crippen molar-refractivity contribution in [2.75, 3.05) is 36.5 Å². The van der Waals surface area contributed by atoms with Crippen molar-refractivity contribution >= 4 is 29.4 Å². The zero-order valence-corrected chi connectivity index (χ0v) is 17.9. The number of benzene rings is 2. The van der Waals surface area contributed by atoms with E-state index in [1.165, 1.54) is 17.9 Å². The molecule has 8 heteroatoms. The highest BCUT2D eigenvalue weighted by molar-refractivity contribution is 7.98. The van der Waals surface area contributed by atoms with Gasteiger partial charge in [-0.05, 0) is 35.6 Å². The molecule has 1 atom stereocenters. The molecule has 1 heterocycles. The van der Waals surface area contributed by atoms with Crippen LogP contribution < -0.4 is 15.5 Å². The largest absolute Gasteiger partial charge is 0.442 e. The van der Waals surface area contributed by atoms with Gasteiger partial charge in [-0.2, -0.15) is 11.8 Å². The maximum atomic E-state index is 14.8. The zero-order valence-electron chi connectivity index (χ0n) is 17.1. The minimum Gasteiger partial charge on any atom is -0.442 e. The van der Waals surface area contributed by atoms with E-state index in [-0.39, 0.29) is 19.0 Å². The Balaban J connectivity index is 1.65. The minimum absolute atomic E-state index is 0.193. The van der Waals surface area contributed by atoms with Gasteiger partial charge < -0.3 is 15.4 Å². The third kappa shape index (κ3) is 5.73. The number of amides is 2. The minimum atomic E-state index is -0.546. The van der Waals surface area contributed by atoms with Crippen molar-refractivity contribution < 1.29 is 18.7 Å². The van der Waals surface area contributed by atoms with Crippen LogP contribution in [0.25, 0.3) is 11.1 Å². The highest BCUT2D eigenvalue weighted by Gasteiger charge is 2.32. The second-order valence-corrected chi connectivity index (χ2v) is 8.07. The number of carbonyl (C=O) groups excluding carboxylic acids is 2. The lowest BCUT2D eigenvalue weighted by Crippen LogP contribution is -2.33. The van der Waals surface area contributed by atoms with Gasteiger partial charge in [-0.1, -0.05) is 24.3 Å². The Hall–Kier alpha value is -2.58. The number of hydrogen-bond donors (Lipinski definition) is 2. The molecule has 6 nitrogen and oxygen atoms in total. The normalized spacial score (nSPS) is 15.9. The van der Waals surface area contributed by atoms with Crippen molar-refractivity contribution in [3.05, 3.63) is 53.8 Å². The number of halogens is 1. The molecule has 3 rings (SSSR count). The monoisotopic (exact) mass is 431 g/mol. The van der Waals surface area contributed by atoms with Gasteiger partial charge in [0.1, 0.15) is 11.9 Å². The van der Waals surface area contributed by atoms with Crippen LogP contribution in [0, 0.1) is 5.82 Å². The third-order valence-electron chi connectivity index (χ3n) is 4.79. The number of ether oxygens (including phenoxy) is 1. The molecular weight excluding hydrogens is 405 g/mol. The molecule has 1 aliphatic heterocycles. The van der Waals surface area contributed by atoms with Crippen molar-refractivity contribution in [1.29, 1.82) is 0 Å². The first kappa shape index (κ1) is 22.1. The Labute approximate surface area is 180 Å². The fourth-order valence-corrected chi connectivity index (χ4v) is 3.56. The molecule has 160 valence electrons. The van der Waals surface area contributed by atoms with Gasteiger partial charge >= 0.3 is 6.09 Å². The van der Waals surface area contributed by atoms with Crippen LogP contribution in [0.5, 0.6) is 0 Å². The van der Waals surface area contributed by atoms with Crippen LogP contribution in [0.1, 0.15) is 12.5 Å². The first-order chi connectivity index (χ1) is 14.5. The van der Waals surface area contributed by atoms with E-state index >= 15 is 0 Å². The Morgan fingerprint density at radius 1 is 1.27 bits per heavy atom. The standard InChI is InChI=1S/C22H26FN3O3S/c1-15(27)25-13-19-14-26(22(28)29-19)18-7-8-20(21(23)11-18)17-5-3-16(4-6-17)12-24-9-10-30-2/h3-8,11,19,24H,9-10,12-14H2,1-2H3,(H,25,27)/t19-/m0/s1. The van der Waals surface area contributed by atoms with E-state index in [0.717, 1.165) is 30.0 Å². The van der Waals surface area contributed by atoms with Crippen LogP contribution in [-0.2, 0) is 16.1 Å². The molecular formula is C22H26FN3O3S. The summed E-state index contributed by atoms with van der Waals surface area (Å²) in [5.41, 5.74) is 2.82. The summed E-state index contributed by atoms with van der Waals surface area (Å²) in [6, 6.07) is 12.5. The number of thioether (sulfide) groups is 1. The molecule has 0 unspecified atom stereocenters. The molecule has 0 radical (unpaired) electrons. The number of hydrogen-bond acceptors (Lipinski definition) is 5. The van der Waals surface area contributed by atoms with Gasteiger partial charge in [-0.15, -0.1) is 0 Å². The molecule has 0 aliphatic carbocycles. The third-order valence-corrected chi connectivity index (χ3v) is 5.41. The van der Waals surface area contributed by atoms with Gasteiger partial charge in [-0.3, -0.25) is 9.69 Å². The van der Waals surface area contributed by atoms with E-state index in [9.17, 15) is 14.0 Å². The number of cyclic esters (lactones) is 1.